The van der Waals surface area contributed by atoms with Crippen LogP contribution in [0.4, 0.5) is 11.6 Å². The van der Waals surface area contributed by atoms with Gasteiger partial charge >= 0.3 is 0 Å². The fourth-order valence-electron chi connectivity index (χ4n) is 6.37. The molecule has 2 N–H and O–H groups in total. The predicted molar refractivity (Wildman–Crippen MR) is 174 cm³/mol. The third kappa shape index (κ3) is 6.54. The minimum atomic E-state index is 0.233. The number of nitrogens with one attached hydrogen (secondary N) is 2. The number of anilines is 2. The van der Waals surface area contributed by atoms with E-state index in [0.717, 1.165) is 67.2 Å². The summed E-state index contributed by atoms with van der Waals surface area (Å²) < 4.78 is 2.00. The molecule has 1 fully saturated rings. The van der Waals surface area contributed by atoms with Crippen LogP contribution < -0.4 is 10.6 Å². The number of nitrogens with zero attached hydrogens (tertiary/aromatic N) is 7. The van der Waals surface area contributed by atoms with Crippen molar-refractivity contribution in [3.05, 3.63) is 113 Å². The third-order valence-corrected chi connectivity index (χ3v) is 8.62. The van der Waals surface area contributed by atoms with Gasteiger partial charge in [0.15, 0.2) is 0 Å². The molecule has 0 radical (unpaired) electrons. The first-order valence-corrected chi connectivity index (χ1v) is 15.5. The second-order valence-corrected chi connectivity index (χ2v) is 11.7. The lowest BCUT2D eigenvalue weighted by molar-refractivity contribution is 0.0711. The summed E-state index contributed by atoms with van der Waals surface area (Å²) in [6, 6.07) is 17.2. The number of aryl methyl sites for hydroxylation is 3. The van der Waals surface area contributed by atoms with Crippen LogP contribution in [0, 0.1) is 20.8 Å². The van der Waals surface area contributed by atoms with Gasteiger partial charge in [0.1, 0.15) is 0 Å². The van der Waals surface area contributed by atoms with Crippen molar-refractivity contribution in [2.24, 2.45) is 0 Å². The molecule has 2 atom stereocenters. The van der Waals surface area contributed by atoms with Crippen molar-refractivity contribution in [2.45, 2.75) is 65.2 Å². The van der Waals surface area contributed by atoms with Crippen molar-refractivity contribution in [3.8, 4) is 11.3 Å². The van der Waals surface area contributed by atoms with Gasteiger partial charge in [0, 0.05) is 43.4 Å². The van der Waals surface area contributed by atoms with E-state index in [0.29, 0.717) is 5.95 Å². The fourth-order valence-corrected chi connectivity index (χ4v) is 6.37. The lowest BCUT2D eigenvalue weighted by Crippen LogP contribution is -2.39. The fraction of sp³-hybridized carbons (Fsp3) is 0.343. The Bertz CT molecular complexity index is 1660. The van der Waals surface area contributed by atoms with E-state index in [1.165, 1.54) is 22.3 Å². The SMILES string of the molecule is CNCc1ccc(-c2ccnc(Nc3cnn(CCN4C(c5ncccc5C)CCCC4c4ncccc4C)c3)n2)cc1C. The standard InChI is InChI=1S/C35H41N9/c1-24-8-6-15-37-33(24)31-10-5-11-32(34-25(2)9-7-16-38-34)44(31)19-18-43-23-29(22-40-43)41-35-39-17-14-30(42-35)27-12-13-28(21-36-4)26(3)20-27/h6-9,12-17,20,22-23,31-32,36H,5,10-11,18-19,21H2,1-4H3,(H,39,41,42). The number of aromatic nitrogens is 6. The van der Waals surface area contributed by atoms with E-state index in [-0.39, 0.29) is 12.1 Å². The van der Waals surface area contributed by atoms with Gasteiger partial charge in [-0.1, -0.05) is 24.3 Å². The van der Waals surface area contributed by atoms with Gasteiger partial charge in [-0.05, 0) is 93.6 Å². The van der Waals surface area contributed by atoms with Gasteiger partial charge in [0.25, 0.3) is 0 Å². The van der Waals surface area contributed by atoms with Crippen LogP contribution in [0.25, 0.3) is 11.3 Å². The number of benzene rings is 1. The van der Waals surface area contributed by atoms with Crippen molar-refractivity contribution >= 4 is 11.6 Å². The van der Waals surface area contributed by atoms with Crippen LogP contribution in [0.2, 0.25) is 0 Å². The van der Waals surface area contributed by atoms with E-state index in [1.54, 1.807) is 6.20 Å². The van der Waals surface area contributed by atoms with Crippen LogP contribution in [0.1, 0.15) is 65.0 Å². The highest BCUT2D eigenvalue weighted by Gasteiger charge is 2.35. The van der Waals surface area contributed by atoms with E-state index in [9.17, 15) is 0 Å². The Kier molecular flexibility index (Phi) is 9.04. The van der Waals surface area contributed by atoms with Crippen molar-refractivity contribution in [3.63, 3.8) is 0 Å². The second-order valence-electron chi connectivity index (χ2n) is 11.7. The molecule has 6 rings (SSSR count). The molecule has 0 bridgehead atoms. The molecule has 1 aliphatic heterocycles. The van der Waals surface area contributed by atoms with Crippen LogP contribution in [0.15, 0.2) is 79.5 Å². The summed E-state index contributed by atoms with van der Waals surface area (Å²) >= 11 is 0. The lowest BCUT2D eigenvalue weighted by Gasteiger charge is -2.42. The molecule has 4 aromatic heterocycles. The first-order valence-electron chi connectivity index (χ1n) is 15.5. The zero-order valence-corrected chi connectivity index (χ0v) is 26.0. The van der Waals surface area contributed by atoms with E-state index in [4.69, 9.17) is 15.0 Å². The number of likely N-dealkylation sites (tertiary alicyclic amines) is 1. The number of piperidine rings is 1. The molecule has 0 aliphatic carbocycles. The summed E-state index contributed by atoms with van der Waals surface area (Å²) in [6.45, 7) is 8.88. The molecule has 1 saturated heterocycles. The van der Waals surface area contributed by atoms with Crippen molar-refractivity contribution in [2.75, 3.05) is 18.9 Å². The van der Waals surface area contributed by atoms with Crippen LogP contribution in [-0.2, 0) is 13.1 Å². The van der Waals surface area contributed by atoms with Gasteiger partial charge in [-0.2, -0.15) is 5.10 Å². The first-order chi connectivity index (χ1) is 21.5. The smallest absolute Gasteiger partial charge is 0.227 e. The van der Waals surface area contributed by atoms with E-state index < -0.39 is 0 Å². The molecule has 0 saturated carbocycles. The average Bonchev–Trinajstić information content (AvgIpc) is 3.48. The zero-order valence-electron chi connectivity index (χ0n) is 26.0. The highest BCUT2D eigenvalue weighted by molar-refractivity contribution is 5.63. The zero-order chi connectivity index (χ0) is 30.5. The molecule has 9 nitrogen and oxygen atoms in total. The molecular formula is C35H41N9. The monoisotopic (exact) mass is 587 g/mol. The molecule has 2 unspecified atom stereocenters. The maximum absolute atomic E-state index is 4.84. The van der Waals surface area contributed by atoms with Gasteiger partial charge < -0.3 is 10.6 Å². The molecule has 1 aromatic carbocycles. The van der Waals surface area contributed by atoms with Crippen LogP contribution >= 0.6 is 0 Å². The van der Waals surface area contributed by atoms with E-state index in [2.05, 4.69) is 76.7 Å². The van der Waals surface area contributed by atoms with Crippen molar-refractivity contribution in [1.82, 2.24) is 39.9 Å². The summed E-state index contributed by atoms with van der Waals surface area (Å²) in [6.07, 6.45) is 12.8. The van der Waals surface area contributed by atoms with Gasteiger partial charge in [0.2, 0.25) is 5.95 Å². The summed E-state index contributed by atoms with van der Waals surface area (Å²) in [5, 5.41) is 11.3. The Hall–Kier alpha value is -4.47. The first kappa shape index (κ1) is 29.6. The van der Waals surface area contributed by atoms with Crippen LogP contribution in [0.5, 0.6) is 0 Å². The normalized spacial score (nSPS) is 17.1. The Morgan fingerprint density at radius 2 is 1.55 bits per heavy atom. The Morgan fingerprint density at radius 1 is 0.818 bits per heavy atom. The minimum Gasteiger partial charge on any atom is -0.321 e. The average molecular weight is 588 g/mol. The molecule has 5 aromatic rings. The number of rotatable bonds is 10. The Balaban J connectivity index is 1.18. The van der Waals surface area contributed by atoms with Crippen molar-refractivity contribution < 1.29 is 0 Å². The molecule has 44 heavy (non-hydrogen) atoms. The molecule has 9 heteroatoms. The molecule has 5 heterocycles. The molecular weight excluding hydrogens is 546 g/mol. The minimum absolute atomic E-state index is 0.233. The summed E-state index contributed by atoms with van der Waals surface area (Å²) in [4.78, 5) is 21.5. The number of hydrogen-bond acceptors (Lipinski definition) is 8. The summed E-state index contributed by atoms with van der Waals surface area (Å²) in [5.74, 6) is 0.548. The number of pyridine rings is 2. The Labute approximate surface area is 259 Å². The molecule has 226 valence electrons. The Morgan fingerprint density at radius 3 is 2.20 bits per heavy atom. The maximum Gasteiger partial charge on any atom is 0.227 e. The molecule has 0 amide bonds. The van der Waals surface area contributed by atoms with E-state index >= 15 is 0 Å². The van der Waals surface area contributed by atoms with Gasteiger partial charge in [-0.3, -0.25) is 19.5 Å². The van der Waals surface area contributed by atoms with E-state index in [1.807, 2.05) is 54.7 Å². The van der Waals surface area contributed by atoms with Gasteiger partial charge in [0.05, 0.1) is 47.6 Å². The largest absolute Gasteiger partial charge is 0.321 e. The maximum atomic E-state index is 4.84. The topological polar surface area (TPSA) is 96.7 Å². The summed E-state index contributed by atoms with van der Waals surface area (Å²) in [5.41, 5.74) is 10.1. The summed E-state index contributed by atoms with van der Waals surface area (Å²) in [7, 11) is 1.96. The highest BCUT2D eigenvalue weighted by Crippen LogP contribution is 2.42. The van der Waals surface area contributed by atoms with Crippen LogP contribution in [-0.4, -0.2) is 48.2 Å². The molecule has 0 spiro atoms. The van der Waals surface area contributed by atoms with Gasteiger partial charge in [-0.15, -0.1) is 0 Å². The van der Waals surface area contributed by atoms with Gasteiger partial charge in [-0.25, -0.2) is 9.97 Å². The van der Waals surface area contributed by atoms with Crippen LogP contribution in [0.3, 0.4) is 0 Å². The highest BCUT2D eigenvalue weighted by atomic mass is 15.3. The predicted octanol–water partition coefficient (Wildman–Crippen LogP) is 6.49. The number of hydrogen-bond donors (Lipinski definition) is 2. The molecule has 1 aliphatic rings. The van der Waals surface area contributed by atoms with Crippen molar-refractivity contribution in [1.29, 1.82) is 0 Å². The second kappa shape index (κ2) is 13.4. The third-order valence-electron chi connectivity index (χ3n) is 8.62. The quantitative estimate of drug-likeness (QED) is 0.192. The lowest BCUT2D eigenvalue weighted by atomic mass is 9.89.